The number of halogens is 2. The SMILES string of the molecule is CN(C)c1ccc(C=NNc2nnc(NN=Cc3ccc(N(C)C)cc3Cl)c3ccccc23)c(Cl)c1. The molecule has 2 N–H and O–H groups in total. The molecule has 0 aliphatic rings. The minimum absolute atomic E-state index is 0.514. The number of hydrogen-bond acceptors (Lipinski definition) is 8. The first-order chi connectivity index (χ1) is 17.3. The zero-order valence-corrected chi connectivity index (χ0v) is 21.9. The van der Waals surface area contributed by atoms with E-state index in [4.69, 9.17) is 23.2 Å². The molecular formula is C26H26Cl2N8. The summed E-state index contributed by atoms with van der Waals surface area (Å²) in [7, 11) is 7.86. The summed E-state index contributed by atoms with van der Waals surface area (Å²) >= 11 is 12.8. The Kier molecular flexibility index (Phi) is 7.87. The average molecular weight is 521 g/mol. The van der Waals surface area contributed by atoms with Gasteiger partial charge in [-0.25, -0.2) is 0 Å². The Morgan fingerprint density at radius 3 is 1.44 bits per heavy atom. The Balaban J connectivity index is 1.51. The highest BCUT2D eigenvalue weighted by atomic mass is 35.5. The number of hydrazone groups is 2. The third-order valence-electron chi connectivity index (χ3n) is 5.44. The van der Waals surface area contributed by atoms with Gasteiger partial charge in [0.15, 0.2) is 11.6 Å². The minimum atomic E-state index is 0.514. The molecule has 10 heteroatoms. The van der Waals surface area contributed by atoms with Gasteiger partial charge in [-0.05, 0) is 36.4 Å². The molecule has 4 rings (SSSR count). The molecule has 0 unspecified atom stereocenters. The average Bonchev–Trinajstić information content (AvgIpc) is 2.86. The molecule has 0 aliphatic carbocycles. The molecule has 0 aliphatic heterocycles. The van der Waals surface area contributed by atoms with Gasteiger partial charge in [-0.3, -0.25) is 10.9 Å². The van der Waals surface area contributed by atoms with Crippen LogP contribution < -0.4 is 20.7 Å². The van der Waals surface area contributed by atoms with Crippen molar-refractivity contribution in [2.45, 2.75) is 0 Å². The molecule has 1 heterocycles. The molecule has 3 aromatic carbocycles. The number of hydrogen-bond donors (Lipinski definition) is 2. The summed E-state index contributed by atoms with van der Waals surface area (Å²) in [6.07, 6.45) is 3.31. The predicted octanol–water partition coefficient (Wildman–Crippen LogP) is 5.96. The van der Waals surface area contributed by atoms with Crippen LogP contribution >= 0.6 is 23.2 Å². The van der Waals surface area contributed by atoms with Gasteiger partial charge < -0.3 is 9.80 Å². The van der Waals surface area contributed by atoms with E-state index >= 15 is 0 Å². The normalized spacial score (nSPS) is 11.4. The Labute approximate surface area is 220 Å². The van der Waals surface area contributed by atoms with E-state index in [1.807, 2.05) is 98.7 Å². The first-order valence-corrected chi connectivity index (χ1v) is 11.9. The molecule has 4 aromatic rings. The number of fused-ring (bicyclic) bond motifs is 1. The first kappa shape index (κ1) is 25.2. The van der Waals surface area contributed by atoms with Gasteiger partial charge in [0.25, 0.3) is 0 Å². The fourth-order valence-electron chi connectivity index (χ4n) is 3.39. The van der Waals surface area contributed by atoms with Crippen LogP contribution in [0, 0.1) is 0 Å². The summed E-state index contributed by atoms with van der Waals surface area (Å²) in [6, 6.07) is 19.3. The van der Waals surface area contributed by atoms with Crippen molar-refractivity contribution in [2.24, 2.45) is 10.2 Å². The second-order valence-electron chi connectivity index (χ2n) is 8.38. The fourth-order valence-corrected chi connectivity index (χ4v) is 3.84. The van der Waals surface area contributed by atoms with Crippen LogP contribution in [0.25, 0.3) is 10.8 Å². The van der Waals surface area contributed by atoms with Gasteiger partial charge in [0, 0.05) is 61.5 Å². The van der Waals surface area contributed by atoms with Crippen molar-refractivity contribution < 1.29 is 0 Å². The molecule has 0 atom stereocenters. The molecule has 0 spiro atoms. The molecule has 0 amide bonds. The summed E-state index contributed by atoms with van der Waals surface area (Å²) < 4.78 is 0. The topological polar surface area (TPSA) is 81.0 Å². The number of anilines is 4. The monoisotopic (exact) mass is 520 g/mol. The van der Waals surface area contributed by atoms with Crippen molar-refractivity contribution in [1.29, 1.82) is 0 Å². The maximum atomic E-state index is 6.39. The maximum absolute atomic E-state index is 6.39. The van der Waals surface area contributed by atoms with Crippen LogP contribution in [0.1, 0.15) is 11.1 Å². The Morgan fingerprint density at radius 2 is 1.08 bits per heavy atom. The Hall–Kier alpha value is -3.88. The van der Waals surface area contributed by atoms with Crippen molar-refractivity contribution in [3.05, 3.63) is 81.8 Å². The lowest BCUT2D eigenvalue weighted by molar-refractivity contribution is 1.03. The van der Waals surface area contributed by atoms with Crippen molar-refractivity contribution in [3.8, 4) is 0 Å². The molecule has 0 saturated heterocycles. The largest absolute Gasteiger partial charge is 0.378 e. The molecule has 0 fully saturated rings. The third-order valence-corrected chi connectivity index (χ3v) is 6.09. The minimum Gasteiger partial charge on any atom is -0.378 e. The second kappa shape index (κ2) is 11.2. The van der Waals surface area contributed by atoms with Crippen LogP contribution in [0.15, 0.2) is 70.9 Å². The summed E-state index contributed by atoms with van der Waals surface area (Å²) in [5.41, 5.74) is 9.55. The van der Waals surface area contributed by atoms with E-state index in [-0.39, 0.29) is 0 Å². The van der Waals surface area contributed by atoms with Crippen LogP contribution in [0.4, 0.5) is 23.0 Å². The first-order valence-electron chi connectivity index (χ1n) is 11.1. The van der Waals surface area contributed by atoms with E-state index in [1.165, 1.54) is 0 Å². The molecule has 0 radical (unpaired) electrons. The molecule has 0 bridgehead atoms. The third kappa shape index (κ3) is 5.84. The molecular weight excluding hydrogens is 495 g/mol. The lowest BCUT2D eigenvalue weighted by atomic mass is 10.2. The van der Waals surface area contributed by atoms with Gasteiger partial charge in [-0.1, -0.05) is 47.5 Å². The molecule has 1 aromatic heterocycles. The second-order valence-corrected chi connectivity index (χ2v) is 9.20. The fraction of sp³-hybridized carbons (Fsp3) is 0.154. The highest BCUT2D eigenvalue weighted by Gasteiger charge is 2.09. The van der Waals surface area contributed by atoms with E-state index < -0.39 is 0 Å². The summed E-state index contributed by atoms with van der Waals surface area (Å²) in [5.74, 6) is 1.03. The van der Waals surface area contributed by atoms with Gasteiger partial charge in [-0.2, -0.15) is 10.2 Å². The number of nitrogens with one attached hydrogen (secondary N) is 2. The maximum Gasteiger partial charge on any atom is 0.176 e. The van der Waals surface area contributed by atoms with Crippen molar-refractivity contribution in [1.82, 2.24) is 10.2 Å². The van der Waals surface area contributed by atoms with Crippen LogP contribution in [-0.2, 0) is 0 Å². The van der Waals surface area contributed by atoms with Crippen LogP contribution in [0.2, 0.25) is 10.0 Å². The molecule has 0 saturated carbocycles. The van der Waals surface area contributed by atoms with Gasteiger partial charge in [0.2, 0.25) is 0 Å². The van der Waals surface area contributed by atoms with Crippen molar-refractivity contribution in [3.63, 3.8) is 0 Å². The van der Waals surface area contributed by atoms with E-state index in [2.05, 4.69) is 31.3 Å². The van der Waals surface area contributed by atoms with E-state index in [0.717, 1.165) is 33.3 Å². The van der Waals surface area contributed by atoms with Gasteiger partial charge >= 0.3 is 0 Å². The lowest BCUT2D eigenvalue weighted by Gasteiger charge is -2.13. The molecule has 36 heavy (non-hydrogen) atoms. The number of nitrogens with zero attached hydrogens (tertiary/aromatic N) is 6. The van der Waals surface area contributed by atoms with Crippen LogP contribution in [-0.4, -0.2) is 50.8 Å². The zero-order valence-electron chi connectivity index (χ0n) is 20.4. The van der Waals surface area contributed by atoms with E-state index in [0.29, 0.717) is 21.7 Å². The van der Waals surface area contributed by atoms with Gasteiger partial charge in [0.1, 0.15) is 0 Å². The highest BCUT2D eigenvalue weighted by molar-refractivity contribution is 6.33. The van der Waals surface area contributed by atoms with E-state index in [9.17, 15) is 0 Å². The van der Waals surface area contributed by atoms with E-state index in [1.54, 1.807) is 12.4 Å². The van der Waals surface area contributed by atoms with Crippen molar-refractivity contribution >= 4 is 69.4 Å². The van der Waals surface area contributed by atoms with Gasteiger partial charge in [0.05, 0.1) is 22.5 Å². The number of aromatic nitrogens is 2. The Morgan fingerprint density at radius 1 is 0.667 bits per heavy atom. The van der Waals surface area contributed by atoms with Crippen LogP contribution in [0.5, 0.6) is 0 Å². The van der Waals surface area contributed by atoms with Gasteiger partial charge in [-0.15, -0.1) is 10.2 Å². The standard InChI is InChI=1S/C26H26Cl2N8/c1-35(2)19-11-9-17(23(27)13-19)15-29-31-25-21-7-5-6-8-22(21)26(34-33-25)32-30-16-18-10-12-20(36(3)4)14-24(18)28/h5-16H,1-4H3,(H,31,33)(H,32,34). The smallest absolute Gasteiger partial charge is 0.176 e. The molecule has 184 valence electrons. The quantitative estimate of drug-likeness (QED) is 0.220. The summed E-state index contributed by atoms with van der Waals surface area (Å²) in [4.78, 5) is 3.98. The van der Waals surface area contributed by atoms with Crippen molar-refractivity contribution in [2.75, 3.05) is 48.8 Å². The predicted molar refractivity (Wildman–Crippen MR) is 154 cm³/mol. The highest BCUT2D eigenvalue weighted by Crippen LogP contribution is 2.27. The Bertz CT molecular complexity index is 1330. The lowest BCUT2D eigenvalue weighted by Crippen LogP contribution is -2.08. The number of benzene rings is 3. The zero-order chi connectivity index (χ0) is 25.7. The van der Waals surface area contributed by atoms with Crippen LogP contribution in [0.3, 0.4) is 0 Å². The molecule has 8 nitrogen and oxygen atoms in total. The summed E-state index contributed by atoms with van der Waals surface area (Å²) in [6.45, 7) is 0. The summed E-state index contributed by atoms with van der Waals surface area (Å²) in [5, 5.41) is 20.1. The number of rotatable bonds is 8.